The molecule has 0 aliphatic heterocycles. The molecule has 1 rings (SSSR count). The van der Waals surface area contributed by atoms with Gasteiger partial charge in [-0.25, -0.2) is 4.79 Å². The van der Waals surface area contributed by atoms with Crippen molar-refractivity contribution in [2.45, 2.75) is 12.5 Å². The lowest BCUT2D eigenvalue weighted by molar-refractivity contribution is -0.140. The number of para-hydroxylation sites is 1. The molecular formula is C13H15Cl2NO4S. The zero-order valence-electron chi connectivity index (χ0n) is 11.1. The molecule has 1 amide bonds. The first kappa shape index (κ1) is 17.9. The third-order valence-corrected chi connectivity index (χ3v) is 4.09. The van der Waals surface area contributed by atoms with E-state index in [1.54, 1.807) is 18.2 Å². The average Bonchev–Trinajstić information content (AvgIpc) is 2.43. The van der Waals surface area contributed by atoms with Crippen LogP contribution in [-0.2, 0) is 9.59 Å². The quantitative estimate of drug-likeness (QED) is 0.500. The average molecular weight is 352 g/mol. The summed E-state index contributed by atoms with van der Waals surface area (Å²) in [4.78, 5) is 21.0. The van der Waals surface area contributed by atoms with Crippen LogP contribution in [0.15, 0.2) is 18.2 Å². The predicted octanol–water partition coefficient (Wildman–Crippen LogP) is 2.69. The van der Waals surface area contributed by atoms with Gasteiger partial charge in [0.2, 0.25) is 6.41 Å². The van der Waals surface area contributed by atoms with Crippen LogP contribution in [0.3, 0.4) is 0 Å². The van der Waals surface area contributed by atoms with E-state index in [0.29, 0.717) is 46.7 Å². The van der Waals surface area contributed by atoms with Gasteiger partial charge in [0.25, 0.3) is 0 Å². The summed E-state index contributed by atoms with van der Waals surface area (Å²) >= 11 is 13.4. The Labute approximate surface area is 136 Å². The topological polar surface area (TPSA) is 75.6 Å². The maximum Gasteiger partial charge on any atom is 0.326 e. The molecule has 0 aliphatic rings. The largest absolute Gasteiger partial charge is 0.490 e. The minimum absolute atomic E-state index is 0.353. The lowest BCUT2D eigenvalue weighted by Crippen LogP contribution is -2.36. The van der Waals surface area contributed by atoms with Crippen LogP contribution in [0, 0.1) is 0 Å². The molecule has 8 heteroatoms. The van der Waals surface area contributed by atoms with Crippen LogP contribution < -0.4 is 10.1 Å². The van der Waals surface area contributed by atoms with Gasteiger partial charge in [-0.2, -0.15) is 11.8 Å². The fourth-order valence-corrected chi connectivity index (χ4v) is 2.80. The van der Waals surface area contributed by atoms with Crippen molar-refractivity contribution in [1.29, 1.82) is 0 Å². The molecule has 0 bridgehead atoms. The van der Waals surface area contributed by atoms with Crippen LogP contribution in [0.5, 0.6) is 5.75 Å². The number of carbonyl (C=O) groups excluding carboxylic acids is 1. The summed E-state index contributed by atoms with van der Waals surface area (Å²) in [5.41, 5.74) is 0. The summed E-state index contributed by atoms with van der Waals surface area (Å²) in [5, 5.41) is 12.0. The van der Waals surface area contributed by atoms with Crippen molar-refractivity contribution in [2.24, 2.45) is 0 Å². The second-order valence-corrected chi connectivity index (χ2v) is 6.01. The molecule has 1 aromatic carbocycles. The molecule has 0 saturated carbocycles. The highest BCUT2D eigenvalue weighted by atomic mass is 35.5. The van der Waals surface area contributed by atoms with Crippen LogP contribution >= 0.6 is 35.0 Å². The van der Waals surface area contributed by atoms with E-state index < -0.39 is 12.0 Å². The first-order chi connectivity index (χ1) is 10.1. The maximum absolute atomic E-state index is 10.8. The van der Waals surface area contributed by atoms with Gasteiger partial charge < -0.3 is 15.2 Å². The molecule has 1 atom stereocenters. The van der Waals surface area contributed by atoms with E-state index in [2.05, 4.69) is 5.32 Å². The van der Waals surface area contributed by atoms with Crippen molar-refractivity contribution in [3.05, 3.63) is 28.2 Å². The van der Waals surface area contributed by atoms with Gasteiger partial charge in [-0.1, -0.05) is 29.3 Å². The summed E-state index contributed by atoms with van der Waals surface area (Å²) in [6.07, 6.45) is 0.748. The molecule has 0 saturated heterocycles. The Bertz CT molecular complexity index is 467. The fourth-order valence-electron chi connectivity index (χ4n) is 1.49. The lowest BCUT2D eigenvalue weighted by Gasteiger charge is -2.11. The van der Waals surface area contributed by atoms with Crippen LogP contribution in [0.2, 0.25) is 10.0 Å². The van der Waals surface area contributed by atoms with Gasteiger partial charge in [0.15, 0.2) is 5.75 Å². The number of thioether (sulfide) groups is 1. The van der Waals surface area contributed by atoms with E-state index in [0.717, 1.165) is 0 Å². The molecule has 0 aliphatic carbocycles. The van der Waals surface area contributed by atoms with E-state index in [1.807, 2.05) is 0 Å². The molecule has 0 fully saturated rings. The number of aliphatic carboxylic acids is 1. The molecule has 5 nitrogen and oxygen atoms in total. The van der Waals surface area contributed by atoms with Crippen molar-refractivity contribution in [3.8, 4) is 5.75 Å². The first-order valence-electron chi connectivity index (χ1n) is 6.13. The summed E-state index contributed by atoms with van der Waals surface area (Å²) in [6, 6.07) is 4.27. The number of ether oxygens (including phenoxy) is 1. The first-order valence-corrected chi connectivity index (χ1v) is 8.04. The molecule has 0 heterocycles. The molecule has 0 radical (unpaired) electrons. The number of hydrogen-bond acceptors (Lipinski definition) is 4. The molecule has 0 aromatic heterocycles. The molecule has 0 spiro atoms. The number of hydrogen-bond donors (Lipinski definition) is 2. The Morgan fingerprint density at radius 3 is 2.62 bits per heavy atom. The Morgan fingerprint density at radius 2 is 2.05 bits per heavy atom. The minimum Gasteiger partial charge on any atom is -0.490 e. The van der Waals surface area contributed by atoms with Crippen molar-refractivity contribution in [1.82, 2.24) is 5.32 Å². The number of rotatable bonds is 10. The van der Waals surface area contributed by atoms with Gasteiger partial charge in [0.05, 0.1) is 16.7 Å². The predicted molar refractivity (Wildman–Crippen MR) is 84.5 cm³/mol. The van der Waals surface area contributed by atoms with E-state index in [4.69, 9.17) is 33.0 Å². The molecule has 1 aromatic rings. The SMILES string of the molecule is O=CNC(CCSCCOc1c(Cl)cccc1Cl)C(=O)O. The van der Waals surface area contributed by atoms with E-state index >= 15 is 0 Å². The second kappa shape index (κ2) is 9.76. The third kappa shape index (κ3) is 6.46. The van der Waals surface area contributed by atoms with E-state index in [-0.39, 0.29) is 0 Å². The van der Waals surface area contributed by atoms with Crippen molar-refractivity contribution in [2.75, 3.05) is 18.1 Å². The maximum atomic E-state index is 10.8. The van der Waals surface area contributed by atoms with Crippen LogP contribution in [-0.4, -0.2) is 41.6 Å². The Kier molecular flexibility index (Phi) is 8.34. The van der Waals surface area contributed by atoms with Gasteiger partial charge in [-0.15, -0.1) is 0 Å². The number of nitrogens with one attached hydrogen (secondary N) is 1. The number of halogens is 2. The van der Waals surface area contributed by atoms with Gasteiger partial charge in [0.1, 0.15) is 6.04 Å². The summed E-state index contributed by atoms with van der Waals surface area (Å²) < 4.78 is 5.50. The third-order valence-electron chi connectivity index (χ3n) is 2.51. The molecular weight excluding hydrogens is 337 g/mol. The molecule has 21 heavy (non-hydrogen) atoms. The fraction of sp³-hybridized carbons (Fsp3) is 0.385. The highest BCUT2D eigenvalue weighted by Crippen LogP contribution is 2.32. The van der Waals surface area contributed by atoms with Crippen molar-refractivity contribution in [3.63, 3.8) is 0 Å². The Balaban J connectivity index is 2.23. The molecule has 1 unspecified atom stereocenters. The smallest absolute Gasteiger partial charge is 0.326 e. The highest BCUT2D eigenvalue weighted by molar-refractivity contribution is 7.99. The standard InChI is InChI=1S/C13H15Cl2NO4S/c14-9-2-1-3-10(15)12(9)20-5-7-21-6-4-11(13(18)19)16-8-17/h1-3,8,11H,4-7H2,(H,16,17)(H,18,19). The molecule has 2 N–H and O–H groups in total. The van der Waals surface area contributed by atoms with Gasteiger partial charge in [0, 0.05) is 5.75 Å². The van der Waals surface area contributed by atoms with E-state index in [1.165, 1.54) is 11.8 Å². The Morgan fingerprint density at radius 1 is 1.38 bits per heavy atom. The Hall–Kier alpha value is -1.11. The summed E-state index contributed by atoms with van der Waals surface area (Å²) in [7, 11) is 0. The van der Waals surface area contributed by atoms with Crippen molar-refractivity contribution < 1.29 is 19.4 Å². The van der Waals surface area contributed by atoms with Gasteiger partial charge in [-0.05, 0) is 24.3 Å². The number of carboxylic acids is 1. The number of carbonyl (C=O) groups is 2. The van der Waals surface area contributed by atoms with E-state index in [9.17, 15) is 9.59 Å². The highest BCUT2D eigenvalue weighted by Gasteiger charge is 2.15. The summed E-state index contributed by atoms with van der Waals surface area (Å²) in [6.45, 7) is 0.410. The molecule has 116 valence electrons. The van der Waals surface area contributed by atoms with Crippen LogP contribution in [0.4, 0.5) is 0 Å². The zero-order chi connectivity index (χ0) is 15.7. The summed E-state index contributed by atoms with van der Waals surface area (Å²) in [5.74, 6) is 0.668. The monoisotopic (exact) mass is 351 g/mol. The second-order valence-electron chi connectivity index (χ2n) is 3.98. The van der Waals surface area contributed by atoms with Gasteiger partial charge >= 0.3 is 5.97 Å². The van der Waals surface area contributed by atoms with Crippen molar-refractivity contribution >= 4 is 47.3 Å². The van der Waals surface area contributed by atoms with Crippen LogP contribution in [0.1, 0.15) is 6.42 Å². The normalized spacial score (nSPS) is 11.7. The number of carboxylic acid groups (broad SMARTS) is 1. The number of amides is 1. The van der Waals surface area contributed by atoms with Gasteiger partial charge in [-0.3, -0.25) is 4.79 Å². The minimum atomic E-state index is -1.04. The lowest BCUT2D eigenvalue weighted by atomic mass is 10.2. The number of benzene rings is 1. The van der Waals surface area contributed by atoms with Crippen LogP contribution in [0.25, 0.3) is 0 Å². The zero-order valence-corrected chi connectivity index (χ0v) is 13.4.